The topological polar surface area (TPSA) is 29.5 Å². The van der Waals surface area contributed by atoms with Gasteiger partial charge in [-0.15, -0.1) is 0 Å². The van der Waals surface area contributed by atoms with Crippen LogP contribution < -0.4 is 0 Å². The van der Waals surface area contributed by atoms with Crippen LogP contribution in [0.25, 0.3) is 0 Å². The number of likely N-dealkylation sites (tertiary alicyclic amines) is 1. The van der Waals surface area contributed by atoms with E-state index in [2.05, 4.69) is 0 Å². The van der Waals surface area contributed by atoms with Crippen molar-refractivity contribution in [2.45, 2.75) is 44.0 Å². The molecule has 1 saturated carbocycles. The molecule has 2 fully saturated rings. The van der Waals surface area contributed by atoms with Crippen molar-refractivity contribution in [3.63, 3.8) is 0 Å². The molecule has 1 saturated heterocycles. The molecule has 7 heteroatoms. The largest absolute Gasteiger partial charge is 0.416 e. The zero-order valence-electron chi connectivity index (χ0n) is 16.4. The molecule has 0 N–H and O–H groups in total. The van der Waals surface area contributed by atoms with Gasteiger partial charge in [0.1, 0.15) is 11.9 Å². The Morgan fingerprint density at radius 3 is 2.17 bits per heavy atom. The number of benzene rings is 2. The van der Waals surface area contributed by atoms with Crippen LogP contribution in [0.5, 0.6) is 0 Å². The molecule has 2 aromatic rings. The van der Waals surface area contributed by atoms with Crippen LogP contribution in [0.1, 0.15) is 54.5 Å². The average Bonchev–Trinajstić information content (AvgIpc) is 3.45. The fourth-order valence-electron chi connectivity index (χ4n) is 3.90. The second-order valence-electron chi connectivity index (χ2n) is 8.00. The van der Waals surface area contributed by atoms with E-state index in [0.717, 1.165) is 25.0 Å². The van der Waals surface area contributed by atoms with Crippen molar-refractivity contribution in [1.82, 2.24) is 4.90 Å². The lowest BCUT2D eigenvalue weighted by molar-refractivity contribution is -0.137. The number of carbonyl (C=O) groups is 1. The van der Waals surface area contributed by atoms with Gasteiger partial charge in [-0.2, -0.15) is 13.2 Å². The third-order valence-corrected chi connectivity index (χ3v) is 5.72. The van der Waals surface area contributed by atoms with Gasteiger partial charge in [0.25, 0.3) is 0 Å². The molecule has 0 aromatic heterocycles. The van der Waals surface area contributed by atoms with Crippen LogP contribution in [-0.4, -0.2) is 24.0 Å². The van der Waals surface area contributed by atoms with E-state index in [9.17, 15) is 22.4 Å². The van der Waals surface area contributed by atoms with E-state index in [0.29, 0.717) is 43.0 Å². The van der Waals surface area contributed by atoms with E-state index in [1.165, 1.54) is 24.3 Å². The van der Waals surface area contributed by atoms with Gasteiger partial charge in [-0.1, -0.05) is 24.3 Å². The third kappa shape index (κ3) is 4.67. The van der Waals surface area contributed by atoms with Gasteiger partial charge in [-0.05, 0) is 60.6 Å². The fraction of sp³-hybridized carbons (Fsp3) is 0.435. The van der Waals surface area contributed by atoms with Gasteiger partial charge in [0.2, 0.25) is 5.91 Å². The van der Waals surface area contributed by atoms with Crippen LogP contribution >= 0.6 is 0 Å². The Morgan fingerprint density at radius 2 is 1.63 bits per heavy atom. The molecule has 1 aliphatic carbocycles. The van der Waals surface area contributed by atoms with Crippen LogP contribution in [0, 0.1) is 11.7 Å². The highest BCUT2D eigenvalue weighted by Crippen LogP contribution is 2.42. The van der Waals surface area contributed by atoms with Crippen molar-refractivity contribution in [3.05, 3.63) is 71.0 Å². The first-order valence-corrected chi connectivity index (χ1v) is 10.2. The first kappa shape index (κ1) is 20.8. The Labute approximate surface area is 172 Å². The summed E-state index contributed by atoms with van der Waals surface area (Å²) in [5.41, 5.74) is 0.535. The minimum absolute atomic E-state index is 0.0312. The number of ether oxygens (including phenoxy) is 1. The summed E-state index contributed by atoms with van der Waals surface area (Å²) in [6.45, 7) is 1.01. The maximum absolute atomic E-state index is 13.5. The molecular weight excluding hydrogens is 398 g/mol. The summed E-state index contributed by atoms with van der Waals surface area (Å²) in [4.78, 5) is 14.3. The van der Waals surface area contributed by atoms with Gasteiger partial charge in [0.15, 0.2) is 0 Å². The van der Waals surface area contributed by atoms with E-state index >= 15 is 0 Å². The molecule has 160 valence electrons. The Balaban J connectivity index is 1.72. The molecule has 0 spiro atoms. The SMILES string of the molecule is O=C1CCCN1C(c1ccc(F)cc1)[C@@H](OCC1CC1)c1ccc(C(F)(F)F)cc1. The Bertz CT molecular complexity index is 876. The lowest BCUT2D eigenvalue weighted by Crippen LogP contribution is -2.35. The van der Waals surface area contributed by atoms with Gasteiger partial charge >= 0.3 is 6.18 Å². The Hall–Kier alpha value is -2.41. The quantitative estimate of drug-likeness (QED) is 0.539. The standard InChI is InChI=1S/C23H23F4NO2/c24-19-11-7-16(8-12-19)21(28-13-1-2-20(28)29)22(30-14-15-3-4-15)17-5-9-18(10-6-17)23(25,26)27/h5-12,15,21-22H,1-4,13-14H2/t21?,22-/m0/s1. The molecule has 1 unspecified atom stereocenters. The van der Waals surface area contributed by atoms with E-state index in [-0.39, 0.29) is 5.91 Å². The van der Waals surface area contributed by atoms with Crippen LogP contribution in [0.4, 0.5) is 17.6 Å². The molecule has 1 amide bonds. The summed E-state index contributed by atoms with van der Waals surface area (Å²) in [5.74, 6) is 0.0107. The smallest absolute Gasteiger partial charge is 0.371 e. The highest BCUT2D eigenvalue weighted by Gasteiger charge is 2.38. The van der Waals surface area contributed by atoms with Gasteiger partial charge in [0.05, 0.1) is 18.2 Å². The number of carbonyl (C=O) groups excluding carboxylic acids is 1. The van der Waals surface area contributed by atoms with Crippen LogP contribution in [0.15, 0.2) is 48.5 Å². The zero-order valence-corrected chi connectivity index (χ0v) is 16.4. The summed E-state index contributed by atoms with van der Waals surface area (Å²) in [5, 5.41) is 0. The van der Waals surface area contributed by atoms with Crippen molar-refractivity contribution in [1.29, 1.82) is 0 Å². The zero-order chi connectivity index (χ0) is 21.3. The summed E-state index contributed by atoms with van der Waals surface area (Å²) >= 11 is 0. The minimum Gasteiger partial charge on any atom is -0.371 e. The molecule has 2 aliphatic rings. The second-order valence-corrected chi connectivity index (χ2v) is 8.00. The first-order chi connectivity index (χ1) is 14.3. The number of rotatable bonds is 7. The number of hydrogen-bond acceptors (Lipinski definition) is 2. The van der Waals surface area contributed by atoms with Crippen LogP contribution in [0.3, 0.4) is 0 Å². The van der Waals surface area contributed by atoms with Crippen molar-refractivity contribution in [2.24, 2.45) is 5.92 Å². The molecule has 3 nitrogen and oxygen atoms in total. The van der Waals surface area contributed by atoms with Crippen molar-refractivity contribution in [3.8, 4) is 0 Å². The van der Waals surface area contributed by atoms with Crippen molar-refractivity contribution >= 4 is 5.91 Å². The normalized spacial score (nSPS) is 19.2. The maximum atomic E-state index is 13.5. The average molecular weight is 421 g/mol. The Morgan fingerprint density at radius 1 is 1.00 bits per heavy atom. The van der Waals surface area contributed by atoms with E-state index in [1.807, 2.05) is 0 Å². The summed E-state index contributed by atoms with van der Waals surface area (Å²) in [6.07, 6.45) is -1.82. The summed E-state index contributed by atoms with van der Waals surface area (Å²) in [6, 6.07) is 10.3. The minimum atomic E-state index is -4.43. The number of amides is 1. The highest BCUT2D eigenvalue weighted by atomic mass is 19.4. The third-order valence-electron chi connectivity index (χ3n) is 5.72. The molecule has 2 aromatic carbocycles. The van der Waals surface area contributed by atoms with Gasteiger partial charge in [0, 0.05) is 13.0 Å². The highest BCUT2D eigenvalue weighted by molar-refractivity contribution is 5.78. The molecule has 2 atom stereocenters. The van der Waals surface area contributed by atoms with Crippen molar-refractivity contribution < 1.29 is 27.1 Å². The lowest BCUT2D eigenvalue weighted by atomic mass is 9.93. The first-order valence-electron chi connectivity index (χ1n) is 10.2. The van der Waals surface area contributed by atoms with Gasteiger partial charge in [-0.3, -0.25) is 4.79 Å². The van der Waals surface area contributed by atoms with E-state index in [4.69, 9.17) is 4.74 Å². The van der Waals surface area contributed by atoms with Crippen LogP contribution in [0.2, 0.25) is 0 Å². The van der Waals surface area contributed by atoms with E-state index in [1.54, 1.807) is 17.0 Å². The molecule has 1 heterocycles. The maximum Gasteiger partial charge on any atom is 0.416 e. The number of hydrogen-bond donors (Lipinski definition) is 0. The van der Waals surface area contributed by atoms with E-state index < -0.39 is 29.7 Å². The summed E-state index contributed by atoms with van der Waals surface area (Å²) < 4.78 is 58.8. The van der Waals surface area contributed by atoms with Crippen LogP contribution in [-0.2, 0) is 15.7 Å². The predicted octanol–water partition coefficient (Wildman–Crippen LogP) is 5.68. The molecule has 1 aliphatic heterocycles. The Kier molecular flexibility index (Phi) is 5.82. The molecule has 0 radical (unpaired) electrons. The van der Waals surface area contributed by atoms with Gasteiger partial charge < -0.3 is 9.64 Å². The number of alkyl halides is 3. The monoisotopic (exact) mass is 421 g/mol. The van der Waals surface area contributed by atoms with Gasteiger partial charge in [-0.25, -0.2) is 4.39 Å². The predicted molar refractivity (Wildman–Crippen MR) is 103 cm³/mol. The fourth-order valence-corrected chi connectivity index (χ4v) is 3.90. The molecule has 30 heavy (non-hydrogen) atoms. The van der Waals surface area contributed by atoms with Crippen molar-refractivity contribution in [2.75, 3.05) is 13.2 Å². The summed E-state index contributed by atoms with van der Waals surface area (Å²) in [7, 11) is 0. The second kappa shape index (κ2) is 8.38. The molecule has 4 rings (SSSR count). The molecular formula is C23H23F4NO2. The molecule has 0 bridgehead atoms. The number of nitrogens with zero attached hydrogens (tertiary/aromatic N) is 1. The lowest BCUT2D eigenvalue weighted by Gasteiger charge is -2.35. The number of halogens is 4.